The lowest BCUT2D eigenvalue weighted by molar-refractivity contribution is 0.170. The molecule has 6 heteroatoms. The van der Waals surface area contributed by atoms with Crippen molar-refractivity contribution in [2.45, 2.75) is 32.4 Å². The van der Waals surface area contributed by atoms with Crippen LogP contribution in [0.1, 0.15) is 25.3 Å². The minimum atomic E-state index is -0.0367. The number of nitrogens with zero attached hydrogens (tertiary/aromatic N) is 1. The van der Waals surface area contributed by atoms with Gasteiger partial charge < -0.3 is 19.7 Å². The van der Waals surface area contributed by atoms with Gasteiger partial charge in [0.15, 0.2) is 11.5 Å². The van der Waals surface area contributed by atoms with Gasteiger partial charge in [-0.25, -0.2) is 4.79 Å². The first-order valence-electron chi connectivity index (χ1n) is 7.65. The van der Waals surface area contributed by atoms with Gasteiger partial charge in [-0.3, -0.25) is 0 Å². The highest BCUT2D eigenvalue weighted by Crippen LogP contribution is 2.38. The molecule has 2 amide bonds. The number of amides is 2. The summed E-state index contributed by atoms with van der Waals surface area (Å²) in [6.07, 6.45) is 2.46. The van der Waals surface area contributed by atoms with Crippen LogP contribution in [0.5, 0.6) is 11.5 Å². The van der Waals surface area contributed by atoms with E-state index in [1.807, 2.05) is 19.2 Å². The second-order valence-electron chi connectivity index (χ2n) is 5.95. The van der Waals surface area contributed by atoms with Gasteiger partial charge in [-0.2, -0.15) is 0 Å². The second kappa shape index (κ2) is 6.36. The van der Waals surface area contributed by atoms with Crippen molar-refractivity contribution in [1.29, 1.82) is 0 Å². The minimum Gasteiger partial charge on any atom is -0.486 e. The number of carbonyl (C=O) groups is 1. The van der Waals surface area contributed by atoms with Gasteiger partial charge in [0.2, 0.25) is 0 Å². The molecule has 1 aromatic carbocycles. The molecule has 0 aromatic heterocycles. The SMILES string of the molecule is CC(C1CC1)N(C)C(=O)NCc1cc(Br)c2c(c1)OCCO2. The molecule has 1 aromatic rings. The van der Waals surface area contributed by atoms with Crippen LogP contribution >= 0.6 is 15.9 Å². The number of fused-ring (bicyclic) bond motifs is 1. The maximum Gasteiger partial charge on any atom is 0.317 e. The summed E-state index contributed by atoms with van der Waals surface area (Å²) in [6.45, 7) is 3.69. The van der Waals surface area contributed by atoms with E-state index in [9.17, 15) is 4.79 Å². The Hall–Kier alpha value is -1.43. The van der Waals surface area contributed by atoms with E-state index >= 15 is 0 Å². The van der Waals surface area contributed by atoms with Crippen LogP contribution in [0.4, 0.5) is 4.79 Å². The normalized spacial score (nSPS) is 17.8. The summed E-state index contributed by atoms with van der Waals surface area (Å²) in [5, 5.41) is 2.97. The zero-order valence-corrected chi connectivity index (χ0v) is 14.5. The van der Waals surface area contributed by atoms with Crippen molar-refractivity contribution in [2.24, 2.45) is 5.92 Å². The minimum absolute atomic E-state index is 0.0367. The number of hydrogen-bond acceptors (Lipinski definition) is 3. The van der Waals surface area contributed by atoms with Gasteiger partial charge in [-0.05, 0) is 59.3 Å². The Balaban J connectivity index is 1.61. The van der Waals surface area contributed by atoms with Gasteiger partial charge in [0.1, 0.15) is 13.2 Å². The summed E-state index contributed by atoms with van der Waals surface area (Å²) in [5.41, 5.74) is 0.983. The maximum atomic E-state index is 12.2. The van der Waals surface area contributed by atoms with Crippen molar-refractivity contribution in [3.05, 3.63) is 22.2 Å². The summed E-state index contributed by atoms with van der Waals surface area (Å²) < 4.78 is 12.0. The number of hydrogen-bond donors (Lipinski definition) is 1. The topological polar surface area (TPSA) is 50.8 Å². The Morgan fingerprint density at radius 2 is 2.14 bits per heavy atom. The predicted octanol–water partition coefficient (Wildman–Crippen LogP) is 3.16. The van der Waals surface area contributed by atoms with E-state index in [-0.39, 0.29) is 6.03 Å². The number of benzene rings is 1. The van der Waals surface area contributed by atoms with Crippen molar-refractivity contribution in [1.82, 2.24) is 10.2 Å². The number of halogens is 1. The first kappa shape index (κ1) is 15.5. The average Bonchev–Trinajstić information content (AvgIpc) is 3.36. The number of urea groups is 1. The van der Waals surface area contributed by atoms with Crippen LogP contribution in [-0.4, -0.2) is 37.2 Å². The molecule has 1 fully saturated rings. The molecular formula is C16H21BrN2O3. The number of ether oxygens (including phenoxy) is 2. The number of nitrogens with one attached hydrogen (secondary N) is 1. The molecule has 1 atom stereocenters. The molecule has 3 rings (SSSR count). The standard InChI is InChI=1S/C16H21BrN2O3/c1-10(12-3-4-12)19(2)16(20)18-9-11-7-13(17)15-14(8-11)21-5-6-22-15/h7-8,10,12H,3-6,9H2,1-2H3,(H,18,20). The smallest absolute Gasteiger partial charge is 0.317 e. The third-order valence-electron chi connectivity index (χ3n) is 4.34. The summed E-state index contributed by atoms with van der Waals surface area (Å²) >= 11 is 3.49. The monoisotopic (exact) mass is 368 g/mol. The zero-order chi connectivity index (χ0) is 15.7. The molecule has 5 nitrogen and oxygen atoms in total. The van der Waals surface area contributed by atoms with E-state index in [1.54, 1.807) is 4.90 Å². The maximum absolute atomic E-state index is 12.2. The van der Waals surface area contributed by atoms with Crippen molar-refractivity contribution < 1.29 is 14.3 Å². The highest BCUT2D eigenvalue weighted by Gasteiger charge is 2.32. The van der Waals surface area contributed by atoms with Gasteiger partial charge in [-0.15, -0.1) is 0 Å². The average molecular weight is 369 g/mol. The second-order valence-corrected chi connectivity index (χ2v) is 6.80. The van der Waals surface area contributed by atoms with Gasteiger partial charge in [0.25, 0.3) is 0 Å². The largest absolute Gasteiger partial charge is 0.486 e. The van der Waals surface area contributed by atoms with Crippen LogP contribution in [0.3, 0.4) is 0 Å². The van der Waals surface area contributed by atoms with Gasteiger partial charge in [0.05, 0.1) is 4.47 Å². The van der Waals surface area contributed by atoms with Crippen LogP contribution in [0, 0.1) is 5.92 Å². The summed E-state index contributed by atoms with van der Waals surface area (Å²) in [5.74, 6) is 2.13. The van der Waals surface area contributed by atoms with E-state index < -0.39 is 0 Å². The van der Waals surface area contributed by atoms with E-state index in [2.05, 4.69) is 28.2 Å². The van der Waals surface area contributed by atoms with E-state index in [1.165, 1.54) is 12.8 Å². The molecule has 0 saturated heterocycles. The Labute approximate surface area is 139 Å². The van der Waals surface area contributed by atoms with Crippen LogP contribution in [0.15, 0.2) is 16.6 Å². The van der Waals surface area contributed by atoms with E-state index in [0.29, 0.717) is 31.7 Å². The molecule has 1 saturated carbocycles. The van der Waals surface area contributed by atoms with Crippen molar-refractivity contribution >= 4 is 22.0 Å². The van der Waals surface area contributed by atoms with Crippen molar-refractivity contribution in [2.75, 3.05) is 20.3 Å². The first-order valence-corrected chi connectivity index (χ1v) is 8.44. The lowest BCUT2D eigenvalue weighted by Crippen LogP contribution is -2.43. The van der Waals surface area contributed by atoms with Gasteiger partial charge in [-0.1, -0.05) is 0 Å². The molecular weight excluding hydrogens is 348 g/mol. The molecule has 22 heavy (non-hydrogen) atoms. The Kier molecular flexibility index (Phi) is 4.47. The lowest BCUT2D eigenvalue weighted by Gasteiger charge is -2.25. The van der Waals surface area contributed by atoms with Crippen LogP contribution < -0.4 is 14.8 Å². The first-order chi connectivity index (χ1) is 10.6. The van der Waals surface area contributed by atoms with Crippen molar-refractivity contribution in [3.8, 4) is 11.5 Å². The lowest BCUT2D eigenvalue weighted by atomic mass is 10.2. The summed E-state index contributed by atoms with van der Waals surface area (Å²) in [7, 11) is 1.86. The molecule has 120 valence electrons. The zero-order valence-electron chi connectivity index (χ0n) is 12.9. The summed E-state index contributed by atoms with van der Waals surface area (Å²) in [6, 6.07) is 4.14. The van der Waals surface area contributed by atoms with E-state index in [0.717, 1.165) is 21.5 Å². The van der Waals surface area contributed by atoms with Crippen LogP contribution in [-0.2, 0) is 6.54 Å². The molecule has 2 aliphatic rings. The highest BCUT2D eigenvalue weighted by atomic mass is 79.9. The fourth-order valence-electron chi connectivity index (χ4n) is 2.65. The van der Waals surface area contributed by atoms with Gasteiger partial charge >= 0.3 is 6.03 Å². The number of rotatable bonds is 4. The van der Waals surface area contributed by atoms with Gasteiger partial charge in [0, 0.05) is 19.6 Å². The molecule has 0 bridgehead atoms. The Morgan fingerprint density at radius 1 is 1.41 bits per heavy atom. The molecule has 0 spiro atoms. The van der Waals surface area contributed by atoms with Crippen LogP contribution in [0.25, 0.3) is 0 Å². The molecule has 1 heterocycles. The molecule has 1 N–H and O–H groups in total. The molecule has 1 aliphatic carbocycles. The fourth-order valence-corrected chi connectivity index (χ4v) is 3.25. The van der Waals surface area contributed by atoms with Crippen molar-refractivity contribution in [3.63, 3.8) is 0 Å². The molecule has 0 radical (unpaired) electrons. The predicted molar refractivity (Wildman–Crippen MR) is 87.3 cm³/mol. The molecule has 1 aliphatic heterocycles. The quantitative estimate of drug-likeness (QED) is 0.887. The fraction of sp³-hybridized carbons (Fsp3) is 0.562. The highest BCUT2D eigenvalue weighted by molar-refractivity contribution is 9.10. The van der Waals surface area contributed by atoms with E-state index in [4.69, 9.17) is 9.47 Å². The third-order valence-corrected chi connectivity index (χ3v) is 4.92. The van der Waals surface area contributed by atoms with Crippen LogP contribution in [0.2, 0.25) is 0 Å². The number of carbonyl (C=O) groups excluding carboxylic acids is 1. The molecule has 1 unspecified atom stereocenters. The Bertz CT molecular complexity index is 575. The summed E-state index contributed by atoms with van der Waals surface area (Å²) in [4.78, 5) is 14.0. The Morgan fingerprint density at radius 3 is 2.86 bits per heavy atom. The third kappa shape index (κ3) is 3.32.